The molecule has 0 saturated carbocycles. The summed E-state index contributed by atoms with van der Waals surface area (Å²) in [5, 5.41) is 0. The highest BCUT2D eigenvalue weighted by atomic mass is 79.9. The first-order valence-electron chi connectivity index (χ1n) is 5.51. The first-order valence-corrected chi connectivity index (χ1v) is 6.31. The molecule has 0 saturated heterocycles. The minimum Gasteiger partial charge on any atom is -0.326 e. The summed E-state index contributed by atoms with van der Waals surface area (Å²) >= 11 is 3.48. The van der Waals surface area contributed by atoms with E-state index in [1.54, 1.807) is 0 Å². The van der Waals surface area contributed by atoms with E-state index >= 15 is 0 Å². The summed E-state index contributed by atoms with van der Waals surface area (Å²) in [7, 11) is 4.14. The third-order valence-corrected chi connectivity index (χ3v) is 3.90. The van der Waals surface area contributed by atoms with Gasteiger partial charge in [0.15, 0.2) is 0 Å². The second kappa shape index (κ2) is 5.30. The van der Waals surface area contributed by atoms with Gasteiger partial charge in [-0.2, -0.15) is 0 Å². The van der Waals surface area contributed by atoms with Gasteiger partial charge >= 0.3 is 0 Å². The monoisotopic (exact) mass is 284 g/mol. The van der Waals surface area contributed by atoms with Crippen molar-refractivity contribution in [2.24, 2.45) is 5.73 Å². The number of nitrogens with zero attached hydrogens (tertiary/aromatic N) is 1. The van der Waals surface area contributed by atoms with Gasteiger partial charge in [-0.15, -0.1) is 0 Å². The summed E-state index contributed by atoms with van der Waals surface area (Å²) in [6, 6.07) is 8.46. The van der Waals surface area contributed by atoms with Gasteiger partial charge in [-0.25, -0.2) is 0 Å². The topological polar surface area (TPSA) is 29.3 Å². The van der Waals surface area contributed by atoms with Crippen molar-refractivity contribution in [3.63, 3.8) is 0 Å². The van der Waals surface area contributed by atoms with Gasteiger partial charge in [0.05, 0.1) is 0 Å². The first-order chi connectivity index (χ1) is 7.34. The van der Waals surface area contributed by atoms with E-state index in [0.29, 0.717) is 0 Å². The maximum Gasteiger partial charge on any atom is 0.0301 e. The average Bonchev–Trinajstić information content (AvgIpc) is 2.17. The van der Waals surface area contributed by atoms with Crippen molar-refractivity contribution in [2.45, 2.75) is 31.8 Å². The standard InChI is InChI=1S/C13H21BrN2/c1-13(2,16(3)4)12(15)9-10-6-5-7-11(14)8-10/h5-8,12H,9,15H2,1-4H3. The lowest BCUT2D eigenvalue weighted by Gasteiger charge is -2.38. The van der Waals surface area contributed by atoms with Crippen LogP contribution < -0.4 is 5.73 Å². The van der Waals surface area contributed by atoms with Crippen molar-refractivity contribution in [3.8, 4) is 0 Å². The molecular weight excluding hydrogens is 264 g/mol. The zero-order valence-electron chi connectivity index (χ0n) is 10.5. The van der Waals surface area contributed by atoms with Crippen molar-refractivity contribution in [2.75, 3.05) is 14.1 Å². The van der Waals surface area contributed by atoms with E-state index in [9.17, 15) is 0 Å². The predicted molar refractivity (Wildman–Crippen MR) is 73.6 cm³/mol. The molecule has 0 fully saturated rings. The molecule has 2 nitrogen and oxygen atoms in total. The van der Waals surface area contributed by atoms with Crippen molar-refractivity contribution < 1.29 is 0 Å². The molecule has 2 N–H and O–H groups in total. The average molecular weight is 285 g/mol. The molecule has 0 aliphatic carbocycles. The Balaban J connectivity index is 2.75. The van der Waals surface area contributed by atoms with Crippen molar-refractivity contribution in [3.05, 3.63) is 34.3 Å². The SMILES string of the molecule is CN(C)C(C)(C)C(N)Cc1cccc(Br)c1. The predicted octanol–water partition coefficient (Wildman–Crippen LogP) is 2.66. The van der Waals surface area contributed by atoms with Gasteiger partial charge < -0.3 is 10.6 Å². The number of benzene rings is 1. The van der Waals surface area contributed by atoms with Gasteiger partial charge in [0.1, 0.15) is 0 Å². The Bertz CT molecular complexity index is 348. The zero-order chi connectivity index (χ0) is 12.3. The third-order valence-electron chi connectivity index (χ3n) is 3.40. The normalized spacial score (nSPS) is 14.2. The molecule has 90 valence electrons. The molecule has 0 aliphatic rings. The molecule has 0 spiro atoms. The largest absolute Gasteiger partial charge is 0.326 e. The summed E-state index contributed by atoms with van der Waals surface area (Å²) < 4.78 is 1.11. The van der Waals surface area contributed by atoms with E-state index in [1.807, 2.05) is 6.07 Å². The van der Waals surface area contributed by atoms with Crippen LogP contribution in [0.4, 0.5) is 0 Å². The molecule has 0 amide bonds. The molecule has 1 rings (SSSR count). The molecule has 1 unspecified atom stereocenters. The lowest BCUT2D eigenvalue weighted by molar-refractivity contribution is 0.158. The first kappa shape index (κ1) is 13.7. The van der Waals surface area contributed by atoms with Crippen LogP contribution >= 0.6 is 15.9 Å². The molecule has 0 radical (unpaired) electrons. The Labute approximate surface area is 107 Å². The van der Waals surface area contributed by atoms with E-state index in [1.165, 1.54) is 5.56 Å². The van der Waals surface area contributed by atoms with Crippen molar-refractivity contribution in [1.82, 2.24) is 4.90 Å². The van der Waals surface area contributed by atoms with Gasteiger partial charge in [0, 0.05) is 16.1 Å². The van der Waals surface area contributed by atoms with Gasteiger partial charge in [-0.05, 0) is 52.1 Å². The highest BCUT2D eigenvalue weighted by Crippen LogP contribution is 2.19. The highest BCUT2D eigenvalue weighted by molar-refractivity contribution is 9.10. The van der Waals surface area contributed by atoms with Crippen LogP contribution in [-0.2, 0) is 6.42 Å². The van der Waals surface area contributed by atoms with Crippen LogP contribution in [0.3, 0.4) is 0 Å². The Morgan fingerprint density at radius 3 is 2.50 bits per heavy atom. The lowest BCUT2D eigenvalue weighted by Crippen LogP contribution is -2.54. The van der Waals surface area contributed by atoms with Gasteiger partial charge in [-0.1, -0.05) is 28.1 Å². The Morgan fingerprint density at radius 1 is 1.38 bits per heavy atom. The summed E-state index contributed by atoms with van der Waals surface area (Å²) in [6.45, 7) is 4.35. The fourth-order valence-electron chi connectivity index (χ4n) is 1.50. The molecule has 1 aromatic rings. The van der Waals surface area contributed by atoms with Crippen molar-refractivity contribution >= 4 is 15.9 Å². The molecule has 16 heavy (non-hydrogen) atoms. The smallest absolute Gasteiger partial charge is 0.0301 e. The van der Waals surface area contributed by atoms with Gasteiger partial charge in [-0.3, -0.25) is 0 Å². The second-order valence-corrected chi connectivity index (χ2v) is 5.90. The molecule has 1 atom stereocenters. The number of nitrogens with two attached hydrogens (primary N) is 1. The van der Waals surface area contributed by atoms with E-state index in [0.717, 1.165) is 10.9 Å². The number of rotatable bonds is 4. The van der Waals surface area contributed by atoms with Crippen LogP contribution in [0.1, 0.15) is 19.4 Å². The zero-order valence-corrected chi connectivity index (χ0v) is 12.1. The minimum atomic E-state index is 0.00230. The Morgan fingerprint density at radius 2 is 2.00 bits per heavy atom. The van der Waals surface area contributed by atoms with E-state index in [-0.39, 0.29) is 11.6 Å². The van der Waals surface area contributed by atoms with Crippen LogP contribution in [0.15, 0.2) is 28.7 Å². The fourth-order valence-corrected chi connectivity index (χ4v) is 1.95. The maximum atomic E-state index is 6.28. The van der Waals surface area contributed by atoms with E-state index < -0.39 is 0 Å². The van der Waals surface area contributed by atoms with Gasteiger partial charge in [0.2, 0.25) is 0 Å². The van der Waals surface area contributed by atoms with Crippen LogP contribution in [-0.4, -0.2) is 30.6 Å². The quantitative estimate of drug-likeness (QED) is 0.921. The molecule has 3 heteroatoms. The van der Waals surface area contributed by atoms with Crippen molar-refractivity contribution in [1.29, 1.82) is 0 Å². The minimum absolute atomic E-state index is 0.00230. The molecule has 0 bridgehead atoms. The Hall–Kier alpha value is -0.380. The van der Waals surface area contributed by atoms with Crippen LogP contribution in [0.25, 0.3) is 0 Å². The summed E-state index contributed by atoms with van der Waals surface area (Å²) in [5.41, 5.74) is 7.55. The second-order valence-electron chi connectivity index (χ2n) is 4.99. The van der Waals surface area contributed by atoms with Crippen LogP contribution in [0.5, 0.6) is 0 Å². The van der Waals surface area contributed by atoms with Gasteiger partial charge in [0.25, 0.3) is 0 Å². The molecule has 1 aromatic carbocycles. The number of likely N-dealkylation sites (N-methyl/N-ethyl adjacent to an activating group) is 1. The molecule has 0 heterocycles. The summed E-state index contributed by atoms with van der Waals surface area (Å²) in [6.07, 6.45) is 0.893. The maximum absolute atomic E-state index is 6.28. The number of hydrogen-bond acceptors (Lipinski definition) is 2. The summed E-state index contributed by atoms with van der Waals surface area (Å²) in [4.78, 5) is 2.18. The lowest BCUT2D eigenvalue weighted by atomic mass is 9.89. The number of hydrogen-bond donors (Lipinski definition) is 1. The molecule has 0 aliphatic heterocycles. The molecular formula is C13H21BrN2. The molecule has 0 aromatic heterocycles. The van der Waals surface area contributed by atoms with Crippen LogP contribution in [0, 0.1) is 0 Å². The fraction of sp³-hybridized carbons (Fsp3) is 0.538. The van der Waals surface area contributed by atoms with E-state index in [4.69, 9.17) is 5.73 Å². The highest BCUT2D eigenvalue weighted by Gasteiger charge is 2.28. The number of halogens is 1. The summed E-state index contributed by atoms with van der Waals surface area (Å²) in [5.74, 6) is 0. The Kier molecular flexibility index (Phi) is 4.53. The van der Waals surface area contributed by atoms with Crippen LogP contribution in [0.2, 0.25) is 0 Å². The third kappa shape index (κ3) is 3.30. The van der Waals surface area contributed by atoms with E-state index in [2.05, 4.69) is 67.0 Å².